The van der Waals surface area contributed by atoms with E-state index >= 15 is 0 Å². The molecule has 43 heavy (non-hydrogen) atoms. The van der Waals surface area contributed by atoms with Gasteiger partial charge in [0.25, 0.3) is 5.69 Å². The van der Waals surface area contributed by atoms with Crippen molar-refractivity contribution in [2.45, 2.75) is 64.0 Å². The molecule has 228 valence electrons. The number of non-ortho nitro benzene ring substituents is 1. The lowest BCUT2D eigenvalue weighted by Gasteiger charge is -2.40. The number of carbonyl (C=O) groups is 1. The fourth-order valence-electron chi connectivity index (χ4n) is 6.38. The number of benzene rings is 3. The van der Waals surface area contributed by atoms with Gasteiger partial charge in [-0.2, -0.15) is 0 Å². The van der Waals surface area contributed by atoms with E-state index in [1.165, 1.54) is 23.3 Å². The van der Waals surface area contributed by atoms with Crippen molar-refractivity contribution in [3.8, 4) is 0 Å². The van der Waals surface area contributed by atoms with Crippen molar-refractivity contribution in [3.63, 3.8) is 0 Å². The van der Waals surface area contributed by atoms with Crippen LogP contribution < -0.4 is 0 Å². The van der Waals surface area contributed by atoms with Crippen LogP contribution in [0, 0.1) is 16.0 Å². The number of piperidine rings is 1. The van der Waals surface area contributed by atoms with E-state index in [0.717, 1.165) is 51.7 Å². The second-order valence-electron chi connectivity index (χ2n) is 12.2. The third kappa shape index (κ3) is 9.26. The number of rotatable bonds is 14. The molecule has 7 nitrogen and oxygen atoms in total. The van der Waals surface area contributed by atoms with Gasteiger partial charge >= 0.3 is 6.09 Å². The molecule has 3 aromatic rings. The fraction of sp³-hybridized carbons (Fsp3) is 0.417. The maximum Gasteiger partial charge on any atom is 0.410 e. The first-order chi connectivity index (χ1) is 20.8. The summed E-state index contributed by atoms with van der Waals surface area (Å²) in [5.41, 5.74) is 3.59. The van der Waals surface area contributed by atoms with Gasteiger partial charge in [-0.05, 0) is 78.8 Å². The second-order valence-corrected chi connectivity index (χ2v) is 12.2. The molecule has 0 aliphatic carbocycles. The Labute approximate surface area is 256 Å². The Bertz CT molecular complexity index is 1310. The lowest BCUT2D eigenvalue weighted by molar-refractivity contribution is -0.384. The van der Waals surface area contributed by atoms with Crippen molar-refractivity contribution in [3.05, 3.63) is 124 Å². The monoisotopic (exact) mass is 583 g/mol. The summed E-state index contributed by atoms with van der Waals surface area (Å²) in [5.74, 6) is 0.558. The second kappa shape index (κ2) is 15.5. The zero-order chi connectivity index (χ0) is 30.7. The summed E-state index contributed by atoms with van der Waals surface area (Å²) in [6, 6.07) is 27.9. The molecular formula is C36H45N3O4. The number of nitro benzene ring substituents is 1. The van der Waals surface area contributed by atoms with Crippen molar-refractivity contribution in [2.75, 3.05) is 26.2 Å². The Hall–Kier alpha value is -3.97. The zero-order valence-corrected chi connectivity index (χ0v) is 25.6. The van der Waals surface area contributed by atoms with Gasteiger partial charge in [0.05, 0.1) is 4.92 Å². The number of carbonyl (C=O) groups excluding carboxylic acids is 1. The molecule has 0 radical (unpaired) electrons. The van der Waals surface area contributed by atoms with Gasteiger partial charge in [-0.3, -0.25) is 10.1 Å². The largest absolute Gasteiger partial charge is 0.445 e. The molecule has 0 spiro atoms. The molecule has 7 heteroatoms. The molecular weight excluding hydrogens is 538 g/mol. The topological polar surface area (TPSA) is 75.9 Å². The normalized spacial score (nSPS) is 16.1. The summed E-state index contributed by atoms with van der Waals surface area (Å²) in [5, 5.41) is 10.9. The van der Waals surface area contributed by atoms with Crippen LogP contribution in [0.3, 0.4) is 0 Å². The maximum atomic E-state index is 13.0. The summed E-state index contributed by atoms with van der Waals surface area (Å²) >= 11 is 0. The van der Waals surface area contributed by atoms with E-state index in [1.807, 2.05) is 0 Å². The van der Waals surface area contributed by atoms with Gasteiger partial charge in [-0.15, -0.1) is 6.58 Å². The SMILES string of the molecule is C=CCN(C(=O)OCc1ccc([N+](=O)[O-])cc1)C1CCN(CCC(C)(CC(C)Cc2ccccc2)c2ccccc2)CC1. The number of amides is 1. The van der Waals surface area contributed by atoms with Gasteiger partial charge in [0.1, 0.15) is 6.61 Å². The Kier molecular flexibility index (Phi) is 11.5. The van der Waals surface area contributed by atoms with E-state index in [4.69, 9.17) is 4.74 Å². The Morgan fingerprint density at radius 2 is 1.67 bits per heavy atom. The van der Waals surface area contributed by atoms with Gasteiger partial charge < -0.3 is 14.5 Å². The number of ether oxygens (including phenoxy) is 1. The van der Waals surface area contributed by atoms with Crippen molar-refractivity contribution < 1.29 is 14.5 Å². The minimum Gasteiger partial charge on any atom is -0.445 e. The highest BCUT2D eigenvalue weighted by atomic mass is 16.6. The van der Waals surface area contributed by atoms with Crippen LogP contribution in [0.5, 0.6) is 0 Å². The minimum absolute atomic E-state index is 0.0147. The van der Waals surface area contributed by atoms with Crippen LogP contribution in [-0.4, -0.2) is 53.0 Å². The molecule has 0 bridgehead atoms. The molecule has 3 aromatic carbocycles. The number of hydrogen-bond donors (Lipinski definition) is 0. The van der Waals surface area contributed by atoms with E-state index in [-0.39, 0.29) is 29.8 Å². The average Bonchev–Trinajstić information content (AvgIpc) is 3.03. The Morgan fingerprint density at radius 1 is 1.05 bits per heavy atom. The van der Waals surface area contributed by atoms with E-state index < -0.39 is 4.92 Å². The van der Waals surface area contributed by atoms with E-state index in [0.29, 0.717) is 18.0 Å². The zero-order valence-electron chi connectivity index (χ0n) is 25.6. The minimum atomic E-state index is -0.442. The molecule has 0 aromatic heterocycles. The summed E-state index contributed by atoms with van der Waals surface area (Å²) in [6.07, 6.45) is 6.40. The van der Waals surface area contributed by atoms with Crippen LogP contribution >= 0.6 is 0 Å². The summed E-state index contributed by atoms with van der Waals surface area (Å²) in [4.78, 5) is 27.8. The molecule has 2 atom stereocenters. The van der Waals surface area contributed by atoms with Crippen LogP contribution in [0.15, 0.2) is 97.6 Å². The number of hydrogen-bond acceptors (Lipinski definition) is 5. The number of likely N-dealkylation sites (tertiary alicyclic amines) is 1. The summed E-state index contributed by atoms with van der Waals surface area (Å²) < 4.78 is 5.60. The van der Waals surface area contributed by atoms with Gasteiger partial charge in [-0.1, -0.05) is 80.6 Å². The molecule has 1 aliphatic rings. The van der Waals surface area contributed by atoms with Crippen LogP contribution in [0.4, 0.5) is 10.5 Å². The highest BCUT2D eigenvalue weighted by Crippen LogP contribution is 2.36. The van der Waals surface area contributed by atoms with Crippen molar-refractivity contribution >= 4 is 11.8 Å². The smallest absolute Gasteiger partial charge is 0.410 e. The van der Waals surface area contributed by atoms with Crippen molar-refractivity contribution in [1.82, 2.24) is 9.80 Å². The number of nitro groups is 1. The first-order valence-corrected chi connectivity index (χ1v) is 15.4. The predicted octanol–water partition coefficient (Wildman–Crippen LogP) is 7.80. The standard InChI is InChI=1S/C36H45N3O4/c1-4-22-38(35(40)43-28-31-15-17-34(18-16-31)39(41)42)33-19-23-37(24-20-33)25-21-36(3,32-13-9-6-10-14-32)27-29(2)26-30-11-7-5-8-12-30/h4-18,29,33H,1,19-28H2,2-3H3. The molecule has 1 aliphatic heterocycles. The van der Waals surface area contributed by atoms with Crippen LogP contribution in [0.2, 0.25) is 0 Å². The molecule has 4 rings (SSSR count). The van der Waals surface area contributed by atoms with E-state index in [2.05, 4.69) is 86.0 Å². The summed E-state index contributed by atoms with van der Waals surface area (Å²) in [7, 11) is 0. The predicted molar refractivity (Wildman–Crippen MR) is 172 cm³/mol. The van der Waals surface area contributed by atoms with Gasteiger partial charge in [0.2, 0.25) is 0 Å². The highest BCUT2D eigenvalue weighted by Gasteiger charge is 2.32. The first kappa shape index (κ1) is 32.0. The summed E-state index contributed by atoms with van der Waals surface area (Å²) in [6.45, 7) is 12.0. The maximum absolute atomic E-state index is 13.0. The lowest BCUT2D eigenvalue weighted by atomic mass is 9.72. The Morgan fingerprint density at radius 3 is 2.28 bits per heavy atom. The highest BCUT2D eigenvalue weighted by molar-refractivity contribution is 5.68. The molecule has 0 saturated carbocycles. The molecule has 1 saturated heterocycles. The molecule has 1 amide bonds. The van der Waals surface area contributed by atoms with Crippen molar-refractivity contribution in [1.29, 1.82) is 0 Å². The fourth-order valence-corrected chi connectivity index (χ4v) is 6.38. The van der Waals surface area contributed by atoms with E-state index in [9.17, 15) is 14.9 Å². The van der Waals surface area contributed by atoms with Crippen LogP contribution in [-0.2, 0) is 23.2 Å². The molecule has 2 unspecified atom stereocenters. The van der Waals surface area contributed by atoms with E-state index in [1.54, 1.807) is 23.1 Å². The number of nitrogens with zero attached hydrogens (tertiary/aromatic N) is 3. The first-order valence-electron chi connectivity index (χ1n) is 15.4. The average molecular weight is 584 g/mol. The third-order valence-corrected chi connectivity index (χ3v) is 8.74. The molecule has 1 fully saturated rings. The van der Waals surface area contributed by atoms with Crippen LogP contribution in [0.25, 0.3) is 0 Å². The third-order valence-electron chi connectivity index (χ3n) is 8.74. The molecule has 1 heterocycles. The van der Waals surface area contributed by atoms with Gasteiger partial charge in [0, 0.05) is 37.8 Å². The van der Waals surface area contributed by atoms with Gasteiger partial charge in [0.15, 0.2) is 0 Å². The molecule has 0 N–H and O–H groups in total. The van der Waals surface area contributed by atoms with Crippen LogP contribution in [0.1, 0.15) is 56.2 Å². The van der Waals surface area contributed by atoms with Gasteiger partial charge in [-0.25, -0.2) is 4.79 Å². The lowest BCUT2D eigenvalue weighted by Crippen LogP contribution is -2.48. The quantitative estimate of drug-likeness (QED) is 0.110. The Balaban J connectivity index is 1.31. The van der Waals surface area contributed by atoms with Crippen molar-refractivity contribution in [2.24, 2.45) is 5.92 Å².